The van der Waals surface area contributed by atoms with Gasteiger partial charge in [-0.2, -0.15) is 0 Å². The number of hydrogen-bond acceptors (Lipinski definition) is 1. The fourth-order valence-corrected chi connectivity index (χ4v) is 1.88. The lowest BCUT2D eigenvalue weighted by molar-refractivity contribution is -0.117. The number of carbonyl (C=O) groups is 1. The van der Waals surface area contributed by atoms with Crippen LogP contribution >= 0.6 is 0 Å². The number of rotatable bonds is 8. The third kappa shape index (κ3) is 6.88. The van der Waals surface area contributed by atoms with Crippen LogP contribution in [0.5, 0.6) is 0 Å². The van der Waals surface area contributed by atoms with Gasteiger partial charge in [0.1, 0.15) is 11.6 Å². The molecule has 0 aliphatic carbocycles. The van der Waals surface area contributed by atoms with Crippen LogP contribution in [0, 0.1) is 5.82 Å². The molecule has 0 heterocycles. The maximum atomic E-state index is 12.7. The molecule has 0 spiro atoms. The van der Waals surface area contributed by atoms with E-state index in [1.165, 1.54) is 30.5 Å². The molecule has 0 atom stereocenters. The van der Waals surface area contributed by atoms with Crippen molar-refractivity contribution in [2.45, 2.75) is 51.9 Å². The van der Waals surface area contributed by atoms with Crippen LogP contribution in [0.15, 0.2) is 24.3 Å². The van der Waals surface area contributed by atoms with Gasteiger partial charge in [0, 0.05) is 6.42 Å². The highest BCUT2D eigenvalue weighted by atomic mass is 19.1. The average Bonchev–Trinajstić information content (AvgIpc) is 2.30. The fourth-order valence-electron chi connectivity index (χ4n) is 1.88. The largest absolute Gasteiger partial charge is 0.300 e. The van der Waals surface area contributed by atoms with Crippen molar-refractivity contribution in [1.29, 1.82) is 0 Å². The van der Waals surface area contributed by atoms with Gasteiger partial charge in [-0.1, -0.05) is 31.4 Å². The molecular formula is C15H21FO. The topological polar surface area (TPSA) is 17.1 Å². The number of ketones is 1. The quantitative estimate of drug-likeness (QED) is 0.615. The van der Waals surface area contributed by atoms with Gasteiger partial charge in [0.15, 0.2) is 0 Å². The van der Waals surface area contributed by atoms with Crippen molar-refractivity contribution in [3.63, 3.8) is 0 Å². The molecule has 0 fully saturated rings. The van der Waals surface area contributed by atoms with E-state index in [2.05, 4.69) is 0 Å². The summed E-state index contributed by atoms with van der Waals surface area (Å²) in [7, 11) is 0. The Balaban J connectivity index is 2.01. The Morgan fingerprint density at radius 3 is 2.24 bits per heavy atom. The zero-order valence-corrected chi connectivity index (χ0v) is 10.5. The second kappa shape index (κ2) is 7.99. The number of hydrogen-bond donors (Lipinski definition) is 0. The Morgan fingerprint density at radius 1 is 1.00 bits per heavy atom. The van der Waals surface area contributed by atoms with E-state index in [9.17, 15) is 9.18 Å². The molecule has 0 saturated heterocycles. The first-order valence-corrected chi connectivity index (χ1v) is 6.42. The summed E-state index contributed by atoms with van der Waals surface area (Å²) in [5.41, 5.74) is 1.20. The molecule has 1 nitrogen and oxygen atoms in total. The summed E-state index contributed by atoms with van der Waals surface area (Å²) >= 11 is 0. The molecule has 94 valence electrons. The zero-order chi connectivity index (χ0) is 12.5. The summed E-state index contributed by atoms with van der Waals surface area (Å²) in [6.45, 7) is 1.65. The minimum Gasteiger partial charge on any atom is -0.300 e. The lowest BCUT2D eigenvalue weighted by Gasteiger charge is -2.02. The normalized spacial score (nSPS) is 10.5. The minimum absolute atomic E-state index is 0.169. The molecule has 0 unspecified atom stereocenters. The van der Waals surface area contributed by atoms with E-state index in [1.54, 1.807) is 6.92 Å². The van der Waals surface area contributed by atoms with Gasteiger partial charge in [-0.05, 0) is 43.9 Å². The summed E-state index contributed by atoms with van der Waals surface area (Å²) in [6, 6.07) is 6.74. The van der Waals surface area contributed by atoms with Gasteiger partial charge in [-0.3, -0.25) is 0 Å². The van der Waals surface area contributed by atoms with E-state index >= 15 is 0 Å². The van der Waals surface area contributed by atoms with Crippen LogP contribution in [-0.4, -0.2) is 5.78 Å². The highest BCUT2D eigenvalue weighted by Crippen LogP contribution is 2.10. The van der Waals surface area contributed by atoms with Gasteiger partial charge in [0.05, 0.1) is 0 Å². The third-order valence-corrected chi connectivity index (χ3v) is 2.91. The van der Waals surface area contributed by atoms with E-state index < -0.39 is 0 Å². The molecule has 2 heteroatoms. The van der Waals surface area contributed by atoms with E-state index in [1.807, 2.05) is 12.1 Å². The van der Waals surface area contributed by atoms with Gasteiger partial charge in [0.25, 0.3) is 0 Å². The summed E-state index contributed by atoms with van der Waals surface area (Å²) in [4.78, 5) is 10.7. The summed E-state index contributed by atoms with van der Waals surface area (Å²) in [5.74, 6) is 0.120. The van der Waals surface area contributed by atoms with Crippen molar-refractivity contribution < 1.29 is 9.18 Å². The monoisotopic (exact) mass is 236 g/mol. The first-order valence-electron chi connectivity index (χ1n) is 6.42. The van der Waals surface area contributed by atoms with E-state index in [-0.39, 0.29) is 11.6 Å². The molecule has 0 saturated carbocycles. The van der Waals surface area contributed by atoms with Crippen LogP contribution in [0.4, 0.5) is 4.39 Å². The number of aryl methyl sites for hydroxylation is 1. The molecule has 1 rings (SSSR count). The smallest absolute Gasteiger partial charge is 0.129 e. The van der Waals surface area contributed by atoms with Gasteiger partial charge in [-0.15, -0.1) is 0 Å². The van der Waals surface area contributed by atoms with Crippen molar-refractivity contribution in [2.75, 3.05) is 0 Å². The van der Waals surface area contributed by atoms with Crippen LogP contribution in [0.2, 0.25) is 0 Å². The Bertz CT molecular complexity index is 329. The summed E-state index contributed by atoms with van der Waals surface area (Å²) in [6.07, 6.45) is 7.43. The Morgan fingerprint density at radius 2 is 1.59 bits per heavy atom. The number of Topliss-reactive ketones (excluding diaryl/α,β-unsaturated/α-hetero) is 1. The van der Waals surface area contributed by atoms with E-state index in [4.69, 9.17) is 0 Å². The molecule has 0 aliphatic heterocycles. The number of benzene rings is 1. The van der Waals surface area contributed by atoms with Crippen molar-refractivity contribution in [2.24, 2.45) is 0 Å². The SMILES string of the molecule is CC(=O)CCCCCCCc1ccc(F)cc1. The lowest BCUT2D eigenvalue weighted by Crippen LogP contribution is -1.90. The number of unbranched alkanes of at least 4 members (excludes halogenated alkanes) is 4. The van der Waals surface area contributed by atoms with Crippen molar-refractivity contribution in [3.05, 3.63) is 35.6 Å². The molecule has 0 amide bonds. The van der Waals surface area contributed by atoms with Crippen LogP contribution in [0.25, 0.3) is 0 Å². The summed E-state index contributed by atoms with van der Waals surface area (Å²) < 4.78 is 12.7. The first-order chi connectivity index (χ1) is 8.18. The molecule has 0 N–H and O–H groups in total. The predicted molar refractivity (Wildman–Crippen MR) is 68.5 cm³/mol. The number of carbonyl (C=O) groups excluding carboxylic acids is 1. The molecule has 0 radical (unpaired) electrons. The third-order valence-electron chi connectivity index (χ3n) is 2.91. The maximum absolute atomic E-state index is 12.7. The molecule has 0 aromatic heterocycles. The van der Waals surface area contributed by atoms with E-state index in [0.717, 1.165) is 32.1 Å². The van der Waals surface area contributed by atoms with Crippen LogP contribution in [-0.2, 0) is 11.2 Å². The van der Waals surface area contributed by atoms with Crippen LogP contribution in [0.1, 0.15) is 51.0 Å². The second-order valence-corrected chi connectivity index (χ2v) is 4.60. The second-order valence-electron chi connectivity index (χ2n) is 4.60. The van der Waals surface area contributed by atoms with Crippen molar-refractivity contribution >= 4 is 5.78 Å². The Kier molecular flexibility index (Phi) is 6.53. The van der Waals surface area contributed by atoms with Crippen molar-refractivity contribution in [1.82, 2.24) is 0 Å². The highest BCUT2D eigenvalue weighted by Gasteiger charge is 1.96. The zero-order valence-electron chi connectivity index (χ0n) is 10.5. The van der Waals surface area contributed by atoms with Gasteiger partial charge < -0.3 is 4.79 Å². The van der Waals surface area contributed by atoms with E-state index in [0.29, 0.717) is 0 Å². The fraction of sp³-hybridized carbons (Fsp3) is 0.533. The molecule has 0 aliphatic rings. The number of halogens is 1. The van der Waals surface area contributed by atoms with Crippen molar-refractivity contribution in [3.8, 4) is 0 Å². The minimum atomic E-state index is -0.169. The highest BCUT2D eigenvalue weighted by molar-refractivity contribution is 5.75. The van der Waals surface area contributed by atoms with Gasteiger partial charge in [-0.25, -0.2) is 4.39 Å². The first kappa shape index (κ1) is 13.9. The predicted octanol–water partition coefficient (Wildman–Crippen LogP) is 4.30. The maximum Gasteiger partial charge on any atom is 0.129 e. The van der Waals surface area contributed by atoms with Gasteiger partial charge >= 0.3 is 0 Å². The van der Waals surface area contributed by atoms with Crippen LogP contribution in [0.3, 0.4) is 0 Å². The lowest BCUT2D eigenvalue weighted by atomic mass is 10.0. The average molecular weight is 236 g/mol. The van der Waals surface area contributed by atoms with Gasteiger partial charge in [0.2, 0.25) is 0 Å². The molecule has 0 bridgehead atoms. The Labute approximate surface area is 103 Å². The Hall–Kier alpha value is -1.18. The summed E-state index contributed by atoms with van der Waals surface area (Å²) in [5, 5.41) is 0. The molecular weight excluding hydrogens is 215 g/mol. The van der Waals surface area contributed by atoms with Crippen LogP contribution < -0.4 is 0 Å². The molecule has 1 aromatic carbocycles. The standard InChI is InChI=1S/C15H21FO/c1-13(17)7-5-3-2-4-6-8-14-9-11-15(16)12-10-14/h9-12H,2-8H2,1H3. The molecule has 1 aromatic rings. The molecule has 17 heavy (non-hydrogen) atoms.